The fraction of sp³-hybridized carbons (Fsp3) is 0.500. The van der Waals surface area contributed by atoms with Crippen molar-refractivity contribution in [2.45, 2.75) is 19.3 Å². The number of carbonyl (C=O) groups is 1. The Morgan fingerprint density at radius 3 is 2.47 bits per heavy atom. The van der Waals surface area contributed by atoms with Crippen LogP contribution in [0.3, 0.4) is 0 Å². The van der Waals surface area contributed by atoms with Crippen molar-refractivity contribution in [3.8, 4) is 0 Å². The summed E-state index contributed by atoms with van der Waals surface area (Å²) in [7, 11) is 0. The zero-order chi connectivity index (χ0) is 12.1. The maximum Gasteiger partial charge on any atom is 0.253 e. The van der Waals surface area contributed by atoms with E-state index in [1.807, 2.05) is 35.2 Å². The zero-order valence-electron chi connectivity index (χ0n) is 9.94. The maximum atomic E-state index is 12.2. The molecule has 0 spiro atoms. The van der Waals surface area contributed by atoms with Crippen molar-refractivity contribution in [1.29, 1.82) is 0 Å². The minimum Gasteiger partial charge on any atom is -0.339 e. The topological polar surface area (TPSA) is 20.3 Å². The van der Waals surface area contributed by atoms with Gasteiger partial charge < -0.3 is 4.90 Å². The van der Waals surface area contributed by atoms with Crippen molar-refractivity contribution in [2.24, 2.45) is 5.92 Å². The molecular formula is C14H18ClNO. The Morgan fingerprint density at radius 1 is 1.24 bits per heavy atom. The standard InChI is InChI=1S/C14H18ClNO/c15-9-6-12-7-10-16(11-8-12)14(17)13-4-2-1-3-5-13/h1-5,12H,6-11H2. The van der Waals surface area contributed by atoms with Crippen molar-refractivity contribution < 1.29 is 4.79 Å². The van der Waals surface area contributed by atoms with Gasteiger partial charge in [-0.05, 0) is 37.3 Å². The number of benzene rings is 1. The van der Waals surface area contributed by atoms with Gasteiger partial charge in [0.25, 0.3) is 5.91 Å². The van der Waals surface area contributed by atoms with E-state index in [9.17, 15) is 4.79 Å². The van der Waals surface area contributed by atoms with Crippen LogP contribution in [0.25, 0.3) is 0 Å². The molecule has 3 heteroatoms. The van der Waals surface area contributed by atoms with E-state index in [0.717, 1.165) is 43.8 Å². The number of nitrogens with zero attached hydrogens (tertiary/aromatic N) is 1. The van der Waals surface area contributed by atoms with Gasteiger partial charge in [-0.2, -0.15) is 0 Å². The highest BCUT2D eigenvalue weighted by molar-refractivity contribution is 6.17. The van der Waals surface area contributed by atoms with Gasteiger partial charge in [0.15, 0.2) is 0 Å². The van der Waals surface area contributed by atoms with Crippen molar-refractivity contribution in [3.05, 3.63) is 35.9 Å². The number of piperidine rings is 1. The zero-order valence-corrected chi connectivity index (χ0v) is 10.7. The van der Waals surface area contributed by atoms with Crippen LogP contribution in [0.15, 0.2) is 30.3 Å². The molecular weight excluding hydrogens is 234 g/mol. The predicted molar refractivity (Wildman–Crippen MR) is 70.4 cm³/mol. The van der Waals surface area contributed by atoms with E-state index in [1.165, 1.54) is 0 Å². The number of alkyl halides is 1. The lowest BCUT2D eigenvalue weighted by molar-refractivity contribution is 0.0689. The van der Waals surface area contributed by atoms with E-state index in [0.29, 0.717) is 5.92 Å². The molecule has 0 aliphatic carbocycles. The molecule has 17 heavy (non-hydrogen) atoms. The molecule has 92 valence electrons. The van der Waals surface area contributed by atoms with Gasteiger partial charge in [-0.25, -0.2) is 0 Å². The van der Waals surface area contributed by atoms with Crippen LogP contribution in [0.5, 0.6) is 0 Å². The minimum absolute atomic E-state index is 0.162. The molecule has 0 atom stereocenters. The van der Waals surface area contributed by atoms with Gasteiger partial charge >= 0.3 is 0 Å². The Bertz CT molecular complexity index is 358. The Hall–Kier alpha value is -1.02. The number of carbonyl (C=O) groups excluding carboxylic acids is 1. The molecule has 2 nitrogen and oxygen atoms in total. The molecule has 1 aliphatic rings. The van der Waals surface area contributed by atoms with E-state index in [4.69, 9.17) is 11.6 Å². The van der Waals surface area contributed by atoms with E-state index < -0.39 is 0 Å². The summed E-state index contributed by atoms with van der Waals surface area (Å²) in [6, 6.07) is 9.52. The van der Waals surface area contributed by atoms with Crippen LogP contribution in [0.2, 0.25) is 0 Å². The molecule has 1 aromatic rings. The highest BCUT2D eigenvalue weighted by Crippen LogP contribution is 2.22. The lowest BCUT2D eigenvalue weighted by Crippen LogP contribution is -2.38. The van der Waals surface area contributed by atoms with Crippen LogP contribution in [-0.2, 0) is 0 Å². The quantitative estimate of drug-likeness (QED) is 0.756. The molecule has 2 rings (SSSR count). The molecule has 1 aliphatic heterocycles. The lowest BCUT2D eigenvalue weighted by atomic mass is 9.94. The molecule has 0 unspecified atom stereocenters. The average Bonchev–Trinajstić information content (AvgIpc) is 2.40. The van der Waals surface area contributed by atoms with Crippen molar-refractivity contribution >= 4 is 17.5 Å². The fourth-order valence-corrected chi connectivity index (χ4v) is 2.65. The van der Waals surface area contributed by atoms with Crippen molar-refractivity contribution in [1.82, 2.24) is 4.90 Å². The largest absolute Gasteiger partial charge is 0.339 e. The van der Waals surface area contributed by atoms with Crippen LogP contribution in [-0.4, -0.2) is 29.8 Å². The Balaban J connectivity index is 1.91. The molecule has 1 heterocycles. The summed E-state index contributed by atoms with van der Waals surface area (Å²) in [5.74, 6) is 1.60. The average molecular weight is 252 g/mol. The number of hydrogen-bond acceptors (Lipinski definition) is 1. The number of hydrogen-bond donors (Lipinski definition) is 0. The van der Waals surface area contributed by atoms with Gasteiger partial charge in [0, 0.05) is 24.5 Å². The normalized spacial score (nSPS) is 17.1. The van der Waals surface area contributed by atoms with Crippen LogP contribution in [0, 0.1) is 5.92 Å². The van der Waals surface area contributed by atoms with E-state index in [-0.39, 0.29) is 5.91 Å². The van der Waals surface area contributed by atoms with Gasteiger partial charge in [-0.1, -0.05) is 18.2 Å². The first-order chi connectivity index (χ1) is 8.31. The summed E-state index contributed by atoms with van der Waals surface area (Å²) in [5, 5.41) is 0. The second-order valence-electron chi connectivity index (χ2n) is 4.58. The minimum atomic E-state index is 0.162. The highest BCUT2D eigenvalue weighted by atomic mass is 35.5. The first kappa shape index (κ1) is 12.4. The first-order valence-corrected chi connectivity index (χ1v) is 6.75. The third kappa shape index (κ3) is 3.22. The van der Waals surface area contributed by atoms with E-state index in [1.54, 1.807) is 0 Å². The van der Waals surface area contributed by atoms with Crippen LogP contribution < -0.4 is 0 Å². The summed E-state index contributed by atoms with van der Waals surface area (Å²) in [6.45, 7) is 1.74. The van der Waals surface area contributed by atoms with Crippen molar-refractivity contribution in [2.75, 3.05) is 19.0 Å². The third-order valence-corrected chi connectivity index (χ3v) is 3.66. The number of likely N-dealkylation sites (tertiary alicyclic amines) is 1. The van der Waals surface area contributed by atoms with Gasteiger partial charge in [0.2, 0.25) is 0 Å². The first-order valence-electron chi connectivity index (χ1n) is 6.21. The Kier molecular flexibility index (Phi) is 4.43. The van der Waals surface area contributed by atoms with E-state index in [2.05, 4.69) is 0 Å². The summed E-state index contributed by atoms with van der Waals surface area (Å²) in [4.78, 5) is 14.1. The third-order valence-electron chi connectivity index (χ3n) is 3.44. The highest BCUT2D eigenvalue weighted by Gasteiger charge is 2.22. The van der Waals surface area contributed by atoms with E-state index >= 15 is 0 Å². The van der Waals surface area contributed by atoms with Gasteiger partial charge in [-0.15, -0.1) is 11.6 Å². The number of halogens is 1. The molecule has 0 N–H and O–H groups in total. The summed E-state index contributed by atoms with van der Waals surface area (Å²) < 4.78 is 0. The molecule has 1 amide bonds. The number of rotatable bonds is 3. The van der Waals surface area contributed by atoms with Gasteiger partial charge in [0.05, 0.1) is 0 Å². The Morgan fingerprint density at radius 2 is 1.88 bits per heavy atom. The molecule has 0 aromatic heterocycles. The molecule has 0 radical (unpaired) electrons. The SMILES string of the molecule is O=C(c1ccccc1)N1CCC(CCCl)CC1. The molecule has 0 bridgehead atoms. The molecule has 1 saturated heterocycles. The summed E-state index contributed by atoms with van der Waals surface area (Å²) in [5.41, 5.74) is 0.795. The molecule has 0 saturated carbocycles. The lowest BCUT2D eigenvalue weighted by Gasteiger charge is -2.31. The summed E-state index contributed by atoms with van der Waals surface area (Å²) >= 11 is 5.75. The van der Waals surface area contributed by atoms with Gasteiger partial charge in [-0.3, -0.25) is 4.79 Å². The van der Waals surface area contributed by atoms with Crippen LogP contribution in [0.1, 0.15) is 29.6 Å². The predicted octanol–water partition coefficient (Wildman–Crippen LogP) is 3.17. The molecule has 1 aromatic carbocycles. The monoisotopic (exact) mass is 251 g/mol. The van der Waals surface area contributed by atoms with Gasteiger partial charge in [0.1, 0.15) is 0 Å². The summed E-state index contributed by atoms with van der Waals surface area (Å²) in [6.07, 6.45) is 3.26. The van der Waals surface area contributed by atoms with Crippen LogP contribution >= 0.6 is 11.6 Å². The Labute approximate surface area is 108 Å². The number of amides is 1. The maximum absolute atomic E-state index is 12.2. The fourth-order valence-electron chi connectivity index (χ4n) is 2.34. The molecule has 1 fully saturated rings. The van der Waals surface area contributed by atoms with Crippen molar-refractivity contribution in [3.63, 3.8) is 0 Å². The second-order valence-corrected chi connectivity index (χ2v) is 4.96. The smallest absolute Gasteiger partial charge is 0.253 e. The second kappa shape index (κ2) is 6.06. The van der Waals surface area contributed by atoms with Crippen LogP contribution in [0.4, 0.5) is 0 Å².